The molecule has 0 aliphatic carbocycles. The van der Waals surface area contributed by atoms with Gasteiger partial charge in [0.1, 0.15) is 0 Å². The average molecular weight is 453 g/mol. The Hall–Kier alpha value is -1.34. The first-order valence-electron chi connectivity index (χ1n) is 8.07. The van der Waals surface area contributed by atoms with E-state index in [1.807, 2.05) is 43.3 Å². The SMILES string of the molecule is CCCCc1c(I)c2ccccc2n1S(=O)(=O)c1ccc(C)cc1. The maximum atomic E-state index is 13.3. The fourth-order valence-corrected chi connectivity index (χ4v) is 5.58. The highest BCUT2D eigenvalue weighted by Gasteiger charge is 2.25. The van der Waals surface area contributed by atoms with Gasteiger partial charge in [0.25, 0.3) is 10.0 Å². The molecule has 0 unspecified atom stereocenters. The second-order valence-electron chi connectivity index (χ2n) is 5.96. The van der Waals surface area contributed by atoms with Crippen LogP contribution in [0.2, 0.25) is 0 Å². The van der Waals surface area contributed by atoms with Crippen molar-refractivity contribution in [1.29, 1.82) is 0 Å². The Labute approximate surface area is 156 Å². The molecule has 0 spiro atoms. The summed E-state index contributed by atoms with van der Waals surface area (Å²) in [6, 6.07) is 14.8. The van der Waals surface area contributed by atoms with E-state index >= 15 is 0 Å². The standard InChI is InChI=1S/C19H20INO2S/c1-3-4-8-18-19(20)16-7-5-6-9-17(16)21(18)24(22,23)15-12-10-14(2)11-13-15/h5-7,9-13H,3-4,8H2,1-2H3. The van der Waals surface area contributed by atoms with Gasteiger partial charge in [0.15, 0.2) is 0 Å². The van der Waals surface area contributed by atoms with Crippen LogP contribution in [0.3, 0.4) is 0 Å². The molecule has 0 aliphatic rings. The van der Waals surface area contributed by atoms with Gasteiger partial charge in [-0.15, -0.1) is 0 Å². The molecule has 3 nitrogen and oxygen atoms in total. The quantitative estimate of drug-likeness (QED) is 0.503. The molecule has 0 N–H and O–H groups in total. The van der Waals surface area contributed by atoms with Gasteiger partial charge in [-0.3, -0.25) is 0 Å². The van der Waals surface area contributed by atoms with Crippen molar-refractivity contribution in [2.75, 3.05) is 0 Å². The van der Waals surface area contributed by atoms with E-state index in [1.54, 1.807) is 16.1 Å². The van der Waals surface area contributed by atoms with Gasteiger partial charge >= 0.3 is 0 Å². The van der Waals surface area contributed by atoms with Gasteiger partial charge < -0.3 is 0 Å². The van der Waals surface area contributed by atoms with E-state index in [4.69, 9.17) is 0 Å². The molecule has 0 fully saturated rings. The third-order valence-corrected chi connectivity index (χ3v) is 7.15. The Morgan fingerprint density at radius 2 is 1.71 bits per heavy atom. The minimum Gasteiger partial charge on any atom is -0.237 e. The van der Waals surface area contributed by atoms with Crippen molar-refractivity contribution in [1.82, 2.24) is 3.97 Å². The van der Waals surface area contributed by atoms with Gasteiger partial charge in [0.05, 0.1) is 10.4 Å². The summed E-state index contributed by atoms with van der Waals surface area (Å²) < 4.78 is 29.2. The van der Waals surface area contributed by atoms with Crippen molar-refractivity contribution in [3.05, 3.63) is 63.4 Å². The number of fused-ring (bicyclic) bond motifs is 1. The number of rotatable bonds is 5. The van der Waals surface area contributed by atoms with Crippen LogP contribution in [-0.2, 0) is 16.4 Å². The van der Waals surface area contributed by atoms with Crippen molar-refractivity contribution in [3.8, 4) is 0 Å². The zero-order valence-corrected chi connectivity index (χ0v) is 16.8. The summed E-state index contributed by atoms with van der Waals surface area (Å²) in [5, 5.41) is 1.000. The van der Waals surface area contributed by atoms with Crippen molar-refractivity contribution < 1.29 is 8.42 Å². The zero-order valence-electron chi connectivity index (χ0n) is 13.8. The van der Waals surface area contributed by atoms with Crippen molar-refractivity contribution >= 4 is 43.5 Å². The summed E-state index contributed by atoms with van der Waals surface area (Å²) in [7, 11) is -3.61. The van der Waals surface area contributed by atoms with E-state index < -0.39 is 10.0 Å². The molecule has 126 valence electrons. The Kier molecular flexibility index (Phi) is 5.01. The molecular formula is C19H20INO2S. The third-order valence-electron chi connectivity index (χ3n) is 4.18. The summed E-state index contributed by atoms with van der Waals surface area (Å²) >= 11 is 2.28. The molecule has 5 heteroatoms. The Morgan fingerprint density at radius 1 is 1.04 bits per heavy atom. The fraction of sp³-hybridized carbons (Fsp3) is 0.263. The second kappa shape index (κ2) is 6.88. The number of nitrogens with zero attached hydrogens (tertiary/aromatic N) is 1. The normalized spacial score (nSPS) is 12.0. The summed E-state index contributed by atoms with van der Waals surface area (Å²) in [5.41, 5.74) is 2.69. The Morgan fingerprint density at radius 3 is 2.38 bits per heavy atom. The van der Waals surface area contributed by atoms with Crippen LogP contribution in [0.25, 0.3) is 10.9 Å². The number of hydrogen-bond acceptors (Lipinski definition) is 2. The van der Waals surface area contributed by atoms with Crippen molar-refractivity contribution in [2.45, 2.75) is 38.0 Å². The van der Waals surface area contributed by atoms with Crippen LogP contribution in [0.1, 0.15) is 31.0 Å². The molecule has 0 atom stereocenters. The van der Waals surface area contributed by atoms with Gasteiger partial charge in [-0.05, 0) is 60.6 Å². The van der Waals surface area contributed by atoms with Crippen LogP contribution in [0.5, 0.6) is 0 Å². The summed E-state index contributed by atoms with van der Waals surface area (Å²) in [4.78, 5) is 0.336. The smallest absolute Gasteiger partial charge is 0.237 e. The van der Waals surface area contributed by atoms with Gasteiger partial charge in [0, 0.05) is 14.7 Å². The number of halogens is 1. The molecule has 0 bridgehead atoms. The lowest BCUT2D eigenvalue weighted by Crippen LogP contribution is -2.16. The highest BCUT2D eigenvalue weighted by molar-refractivity contribution is 14.1. The van der Waals surface area contributed by atoms with Crippen LogP contribution >= 0.6 is 22.6 Å². The van der Waals surface area contributed by atoms with E-state index in [1.165, 1.54) is 0 Å². The predicted octanol–water partition coefficient (Wildman–Crippen LogP) is 5.13. The number of aromatic nitrogens is 1. The minimum absolute atomic E-state index is 0.336. The Bertz CT molecular complexity index is 973. The molecular weight excluding hydrogens is 433 g/mol. The number of unbranched alkanes of at least 4 members (excludes halogenated alkanes) is 1. The first-order valence-corrected chi connectivity index (χ1v) is 10.6. The van der Waals surface area contributed by atoms with Gasteiger partial charge in [-0.2, -0.15) is 0 Å². The maximum absolute atomic E-state index is 13.3. The summed E-state index contributed by atoms with van der Waals surface area (Å²) in [6.45, 7) is 4.07. The molecule has 1 heterocycles. The molecule has 24 heavy (non-hydrogen) atoms. The molecule has 0 saturated carbocycles. The summed E-state index contributed by atoms with van der Waals surface area (Å²) in [6.07, 6.45) is 2.76. The minimum atomic E-state index is -3.61. The zero-order chi connectivity index (χ0) is 17.3. The second-order valence-corrected chi connectivity index (χ2v) is 8.83. The van der Waals surface area contributed by atoms with Crippen molar-refractivity contribution in [2.24, 2.45) is 0 Å². The Balaban J connectivity index is 2.29. The molecule has 0 aliphatic heterocycles. The molecule has 0 radical (unpaired) electrons. The van der Waals surface area contributed by atoms with Gasteiger partial charge in [0.2, 0.25) is 0 Å². The monoisotopic (exact) mass is 453 g/mol. The maximum Gasteiger partial charge on any atom is 0.268 e. The highest BCUT2D eigenvalue weighted by atomic mass is 127. The van der Waals surface area contributed by atoms with Gasteiger partial charge in [-0.25, -0.2) is 12.4 Å². The van der Waals surface area contributed by atoms with Crippen LogP contribution < -0.4 is 0 Å². The highest BCUT2D eigenvalue weighted by Crippen LogP contribution is 2.32. The van der Waals surface area contributed by atoms with Crippen LogP contribution in [-0.4, -0.2) is 12.4 Å². The number of hydrogen-bond donors (Lipinski definition) is 0. The molecule has 3 rings (SSSR count). The third kappa shape index (κ3) is 2.99. The van der Waals surface area contributed by atoms with Crippen LogP contribution in [0.4, 0.5) is 0 Å². The average Bonchev–Trinajstić information content (AvgIpc) is 2.86. The lowest BCUT2D eigenvalue weighted by molar-refractivity contribution is 0.586. The lowest BCUT2D eigenvalue weighted by Gasteiger charge is -2.12. The molecule has 0 amide bonds. The molecule has 3 aromatic rings. The van der Waals surface area contributed by atoms with Crippen LogP contribution in [0, 0.1) is 10.5 Å². The van der Waals surface area contributed by atoms with Gasteiger partial charge in [-0.1, -0.05) is 49.2 Å². The lowest BCUT2D eigenvalue weighted by atomic mass is 10.2. The molecule has 1 aromatic heterocycles. The molecule has 0 saturated heterocycles. The first kappa shape index (κ1) is 17.5. The van der Waals surface area contributed by atoms with E-state index in [9.17, 15) is 8.42 Å². The predicted molar refractivity (Wildman–Crippen MR) is 107 cm³/mol. The largest absolute Gasteiger partial charge is 0.268 e. The topological polar surface area (TPSA) is 39.1 Å². The van der Waals surface area contributed by atoms with E-state index in [2.05, 4.69) is 29.5 Å². The first-order chi connectivity index (χ1) is 11.5. The number of aryl methyl sites for hydroxylation is 1. The molecule has 2 aromatic carbocycles. The van der Waals surface area contributed by atoms with E-state index in [0.717, 1.165) is 45.0 Å². The number of benzene rings is 2. The van der Waals surface area contributed by atoms with Crippen molar-refractivity contribution in [3.63, 3.8) is 0 Å². The number of para-hydroxylation sites is 1. The van der Waals surface area contributed by atoms with E-state index in [-0.39, 0.29) is 0 Å². The fourth-order valence-electron chi connectivity index (χ4n) is 2.87. The van der Waals surface area contributed by atoms with Crippen LogP contribution in [0.15, 0.2) is 53.4 Å². The summed E-state index contributed by atoms with van der Waals surface area (Å²) in [5.74, 6) is 0. The van der Waals surface area contributed by atoms with E-state index in [0.29, 0.717) is 4.90 Å².